The molecular formula is C16H29IN4O. The van der Waals surface area contributed by atoms with E-state index < -0.39 is 0 Å². The van der Waals surface area contributed by atoms with E-state index in [-0.39, 0.29) is 34.8 Å². The lowest BCUT2D eigenvalue weighted by atomic mass is 10.0. The third-order valence-electron chi connectivity index (χ3n) is 5.22. The van der Waals surface area contributed by atoms with Crippen LogP contribution in [-0.4, -0.2) is 23.7 Å². The summed E-state index contributed by atoms with van der Waals surface area (Å²) in [4.78, 5) is 4.68. The number of hydrogen-bond acceptors (Lipinski definition) is 3. The number of guanidine groups is 1. The topological polar surface area (TPSA) is 62.5 Å². The van der Waals surface area contributed by atoms with Gasteiger partial charge in [-0.05, 0) is 31.6 Å². The predicted molar refractivity (Wildman–Crippen MR) is 101 cm³/mol. The van der Waals surface area contributed by atoms with Crippen molar-refractivity contribution in [1.82, 2.24) is 15.8 Å². The smallest absolute Gasteiger partial charge is 0.191 e. The number of aromatic nitrogens is 1. The molecule has 1 fully saturated rings. The Bertz CT molecular complexity index is 515. The number of rotatable bonds is 4. The van der Waals surface area contributed by atoms with Crippen molar-refractivity contribution in [2.24, 2.45) is 15.8 Å². The highest BCUT2D eigenvalue weighted by atomic mass is 127. The van der Waals surface area contributed by atoms with Crippen LogP contribution in [0.25, 0.3) is 0 Å². The molecule has 1 heterocycles. The lowest BCUT2D eigenvalue weighted by molar-refractivity contribution is 0.392. The molecule has 0 aliphatic heterocycles. The Morgan fingerprint density at radius 1 is 1.23 bits per heavy atom. The van der Waals surface area contributed by atoms with E-state index in [1.54, 1.807) is 0 Å². The molecule has 0 saturated heterocycles. The van der Waals surface area contributed by atoms with Crippen LogP contribution in [-0.2, 0) is 6.54 Å². The number of halogens is 1. The van der Waals surface area contributed by atoms with Crippen molar-refractivity contribution in [3.63, 3.8) is 0 Å². The largest absolute Gasteiger partial charge is 0.361 e. The lowest BCUT2D eigenvalue weighted by Crippen LogP contribution is -2.40. The first-order valence-corrected chi connectivity index (χ1v) is 7.68. The van der Waals surface area contributed by atoms with E-state index in [9.17, 15) is 0 Å². The first kappa shape index (κ1) is 19.3. The van der Waals surface area contributed by atoms with Crippen molar-refractivity contribution in [2.75, 3.05) is 6.54 Å². The fraction of sp³-hybridized carbons (Fsp3) is 0.750. The van der Waals surface area contributed by atoms with Gasteiger partial charge in [-0.1, -0.05) is 32.9 Å². The fourth-order valence-corrected chi connectivity index (χ4v) is 2.90. The van der Waals surface area contributed by atoms with Gasteiger partial charge in [0.15, 0.2) is 5.96 Å². The first-order chi connectivity index (χ1) is 9.71. The molecular weight excluding hydrogens is 391 g/mol. The molecule has 1 saturated carbocycles. The summed E-state index contributed by atoms with van der Waals surface area (Å²) < 4.78 is 5.19. The van der Waals surface area contributed by atoms with Gasteiger partial charge >= 0.3 is 0 Å². The zero-order chi connectivity index (χ0) is 15.8. The third kappa shape index (κ3) is 3.41. The standard InChI is InChI=1S/C16H28N4O.HI/c1-8-17-14(19-13-15(4,5)16(13,6)7)18-9-12-10(2)20-21-11(12)3;/h13H,8-9H2,1-7H3,(H2,17,18,19);1H. The highest BCUT2D eigenvalue weighted by Crippen LogP contribution is 2.62. The second-order valence-electron chi connectivity index (χ2n) is 7.02. The van der Waals surface area contributed by atoms with Crippen LogP contribution in [0.4, 0.5) is 0 Å². The van der Waals surface area contributed by atoms with E-state index in [1.807, 2.05) is 13.8 Å². The van der Waals surface area contributed by atoms with Crippen LogP contribution >= 0.6 is 24.0 Å². The van der Waals surface area contributed by atoms with Gasteiger partial charge in [-0.25, -0.2) is 4.99 Å². The van der Waals surface area contributed by atoms with Crippen molar-refractivity contribution in [2.45, 2.75) is 61.1 Å². The predicted octanol–water partition coefficient (Wildman–Crippen LogP) is 3.40. The summed E-state index contributed by atoms with van der Waals surface area (Å²) in [6, 6.07) is 0.437. The molecule has 1 aliphatic rings. The van der Waals surface area contributed by atoms with Crippen molar-refractivity contribution in [3.05, 3.63) is 17.0 Å². The molecule has 2 N–H and O–H groups in total. The average molecular weight is 420 g/mol. The molecule has 22 heavy (non-hydrogen) atoms. The van der Waals surface area contributed by atoms with Gasteiger partial charge in [0.1, 0.15) is 5.76 Å². The normalized spacial score (nSPS) is 19.5. The van der Waals surface area contributed by atoms with Crippen molar-refractivity contribution < 1.29 is 4.52 Å². The van der Waals surface area contributed by atoms with Crippen LogP contribution < -0.4 is 10.6 Å². The van der Waals surface area contributed by atoms with E-state index in [0.29, 0.717) is 12.6 Å². The van der Waals surface area contributed by atoms with Gasteiger partial charge < -0.3 is 15.2 Å². The summed E-state index contributed by atoms with van der Waals surface area (Å²) in [7, 11) is 0. The minimum atomic E-state index is 0. The Labute approximate surface area is 150 Å². The molecule has 126 valence electrons. The minimum absolute atomic E-state index is 0. The number of aliphatic imine (C=N–C) groups is 1. The van der Waals surface area contributed by atoms with E-state index >= 15 is 0 Å². The molecule has 0 aromatic carbocycles. The van der Waals surface area contributed by atoms with Crippen LogP contribution in [0.5, 0.6) is 0 Å². The summed E-state index contributed by atoms with van der Waals surface area (Å²) >= 11 is 0. The maximum atomic E-state index is 5.19. The third-order valence-corrected chi connectivity index (χ3v) is 5.22. The quantitative estimate of drug-likeness (QED) is 0.445. The lowest BCUT2D eigenvalue weighted by Gasteiger charge is -2.13. The molecule has 6 heteroatoms. The summed E-state index contributed by atoms with van der Waals surface area (Å²) in [6.07, 6.45) is 0. The molecule has 0 atom stereocenters. The molecule has 1 aromatic heterocycles. The van der Waals surface area contributed by atoms with Gasteiger partial charge in [0.2, 0.25) is 0 Å². The number of nitrogens with zero attached hydrogens (tertiary/aromatic N) is 2. The van der Waals surface area contributed by atoms with E-state index in [1.165, 1.54) is 0 Å². The Morgan fingerprint density at radius 3 is 2.23 bits per heavy atom. The van der Waals surface area contributed by atoms with Gasteiger partial charge in [0.05, 0.1) is 12.2 Å². The van der Waals surface area contributed by atoms with E-state index in [0.717, 1.165) is 29.5 Å². The van der Waals surface area contributed by atoms with Gasteiger partial charge in [0, 0.05) is 18.2 Å². The highest BCUT2D eigenvalue weighted by molar-refractivity contribution is 14.0. The molecule has 0 spiro atoms. The maximum Gasteiger partial charge on any atom is 0.191 e. The molecule has 0 bridgehead atoms. The molecule has 0 radical (unpaired) electrons. The van der Waals surface area contributed by atoms with Crippen molar-refractivity contribution in [3.8, 4) is 0 Å². The minimum Gasteiger partial charge on any atom is -0.361 e. The summed E-state index contributed by atoms with van der Waals surface area (Å²) in [6.45, 7) is 16.6. The molecule has 0 unspecified atom stereocenters. The van der Waals surface area contributed by atoms with Gasteiger partial charge in [-0.15, -0.1) is 24.0 Å². The van der Waals surface area contributed by atoms with Crippen LogP contribution in [0.3, 0.4) is 0 Å². The molecule has 5 nitrogen and oxygen atoms in total. The Morgan fingerprint density at radius 2 is 1.82 bits per heavy atom. The molecule has 1 aliphatic carbocycles. The van der Waals surface area contributed by atoms with Crippen molar-refractivity contribution >= 4 is 29.9 Å². The SMILES string of the molecule is CCNC(=NCc1c(C)noc1C)NC1C(C)(C)C1(C)C.I. The summed E-state index contributed by atoms with van der Waals surface area (Å²) in [5, 5.41) is 10.9. The molecule has 2 rings (SSSR count). The Kier molecular flexibility index (Phi) is 5.92. The zero-order valence-corrected chi connectivity index (χ0v) is 17.0. The van der Waals surface area contributed by atoms with Gasteiger partial charge in [0.25, 0.3) is 0 Å². The summed E-state index contributed by atoms with van der Waals surface area (Å²) in [5.41, 5.74) is 2.55. The Hall–Kier alpha value is -0.790. The monoisotopic (exact) mass is 420 g/mol. The van der Waals surface area contributed by atoms with E-state index in [2.05, 4.69) is 55.4 Å². The Balaban J connectivity index is 0.00000242. The van der Waals surface area contributed by atoms with Gasteiger partial charge in [-0.2, -0.15) is 0 Å². The fourth-order valence-electron chi connectivity index (χ4n) is 2.90. The number of aryl methyl sites for hydroxylation is 2. The average Bonchev–Trinajstić information content (AvgIpc) is 2.66. The second kappa shape index (κ2) is 6.76. The number of hydrogen-bond donors (Lipinski definition) is 2. The zero-order valence-electron chi connectivity index (χ0n) is 14.7. The van der Waals surface area contributed by atoms with Gasteiger partial charge in [-0.3, -0.25) is 0 Å². The van der Waals surface area contributed by atoms with Crippen LogP contribution in [0.15, 0.2) is 9.52 Å². The van der Waals surface area contributed by atoms with Crippen LogP contribution in [0.2, 0.25) is 0 Å². The second-order valence-corrected chi connectivity index (χ2v) is 7.02. The van der Waals surface area contributed by atoms with Crippen LogP contribution in [0, 0.1) is 24.7 Å². The molecule has 0 amide bonds. The summed E-state index contributed by atoms with van der Waals surface area (Å²) in [5.74, 6) is 1.71. The van der Waals surface area contributed by atoms with E-state index in [4.69, 9.17) is 4.52 Å². The van der Waals surface area contributed by atoms with Crippen molar-refractivity contribution in [1.29, 1.82) is 0 Å². The molecule has 1 aromatic rings. The number of nitrogens with one attached hydrogen (secondary N) is 2. The highest BCUT2D eigenvalue weighted by Gasteiger charge is 2.65. The maximum absolute atomic E-state index is 5.19. The van der Waals surface area contributed by atoms with Crippen LogP contribution in [0.1, 0.15) is 51.6 Å². The first-order valence-electron chi connectivity index (χ1n) is 7.68.